The predicted octanol–water partition coefficient (Wildman–Crippen LogP) is 9.55. The van der Waals surface area contributed by atoms with Gasteiger partial charge < -0.3 is 20.5 Å². The maximum absolute atomic E-state index is 14.0. The molecule has 52 heavy (non-hydrogen) atoms. The minimum Gasteiger partial charge on any atom is -0.458 e. The van der Waals surface area contributed by atoms with Crippen LogP contribution in [0.25, 0.3) is 0 Å². The Hall–Kier alpha value is -2.70. The molecule has 12 atom stereocenters. The summed E-state index contributed by atoms with van der Waals surface area (Å²) in [5, 5.41) is 3.31. The van der Waals surface area contributed by atoms with E-state index in [1.807, 2.05) is 68.7 Å². The fourth-order valence-corrected chi connectivity index (χ4v) is 11.9. The van der Waals surface area contributed by atoms with Gasteiger partial charge >= 0.3 is 11.9 Å². The second-order valence-corrected chi connectivity index (χ2v) is 19.1. The monoisotopic (exact) mass is 713 g/mol. The summed E-state index contributed by atoms with van der Waals surface area (Å²) in [4.78, 5) is 27.9. The van der Waals surface area contributed by atoms with E-state index in [2.05, 4.69) is 52.9 Å². The Labute approximate surface area is 314 Å². The van der Waals surface area contributed by atoms with Crippen molar-refractivity contribution in [2.24, 2.45) is 63.9 Å². The Bertz CT molecular complexity index is 1530. The highest BCUT2D eigenvalue weighted by molar-refractivity contribution is 5.92. The number of ether oxygens (including phenoxy) is 2. The standard InChI is InChI=1S/C46H68N2O4/c1-30(2)13-11-14-31(3)36-17-18-37-35-28-40(52-41(49)32-15-12-22-43(4,47)24-19-32)39-27-33(20-25-46(39,7)38(35)21-26-45(36,37)6)42(50)51-34-16-9-10-23-44(5,29-34)48-8/h9-10,12,15-16,19,22-24,29-31,33,35-40,48H,11,13-14,17-18,20-21,25-28,47H2,1-8H3. The van der Waals surface area contributed by atoms with Gasteiger partial charge in [-0.3, -0.25) is 4.79 Å². The third-order valence-corrected chi connectivity index (χ3v) is 15.0. The van der Waals surface area contributed by atoms with Crippen LogP contribution in [0.4, 0.5) is 0 Å². The molecule has 3 N–H and O–H groups in total. The number of hydrogen-bond acceptors (Lipinski definition) is 6. The van der Waals surface area contributed by atoms with Crippen molar-refractivity contribution in [1.82, 2.24) is 5.32 Å². The summed E-state index contributed by atoms with van der Waals surface area (Å²) in [6.45, 7) is 16.3. The fourth-order valence-electron chi connectivity index (χ4n) is 11.9. The van der Waals surface area contributed by atoms with Crippen LogP contribution in [0, 0.1) is 58.2 Å². The summed E-state index contributed by atoms with van der Waals surface area (Å²) < 4.78 is 12.8. The molecule has 12 unspecified atom stereocenters. The molecule has 6 rings (SSSR count). The van der Waals surface area contributed by atoms with Crippen LogP contribution in [0.1, 0.15) is 119 Å². The van der Waals surface area contributed by atoms with Crippen LogP contribution in [0.3, 0.4) is 0 Å². The highest BCUT2D eigenvalue weighted by Gasteiger charge is 2.63. The van der Waals surface area contributed by atoms with Crippen molar-refractivity contribution in [1.29, 1.82) is 0 Å². The summed E-state index contributed by atoms with van der Waals surface area (Å²) in [5.41, 5.74) is 6.19. The first kappa shape index (κ1) is 39.0. The minimum atomic E-state index is -0.619. The van der Waals surface area contributed by atoms with E-state index >= 15 is 0 Å². The van der Waals surface area contributed by atoms with E-state index in [9.17, 15) is 9.59 Å². The molecule has 0 heterocycles. The number of allylic oxidation sites excluding steroid dienone is 5. The van der Waals surface area contributed by atoms with Gasteiger partial charge in [0.2, 0.25) is 0 Å². The second-order valence-electron chi connectivity index (χ2n) is 19.1. The maximum atomic E-state index is 14.0. The highest BCUT2D eigenvalue weighted by Crippen LogP contribution is 2.69. The molecule has 0 aromatic carbocycles. The van der Waals surface area contributed by atoms with Crippen LogP contribution < -0.4 is 11.1 Å². The summed E-state index contributed by atoms with van der Waals surface area (Å²) in [5.74, 6) is 3.96. The number of hydrogen-bond donors (Lipinski definition) is 2. The van der Waals surface area contributed by atoms with Crippen molar-refractivity contribution >= 4 is 11.9 Å². The molecule has 0 aromatic rings. The molecule has 0 saturated heterocycles. The largest absolute Gasteiger partial charge is 0.458 e. The SMILES string of the molecule is CNC1(C)C=CC=CC(OC(=O)C2CCC3(C)C(C2)C(OC(=O)C2=CC=CC(C)(N)C=C2)CC2C4CCC(C(C)CCCC(C)C)C4(C)CCC23)=C1. The van der Waals surface area contributed by atoms with Crippen molar-refractivity contribution in [3.8, 4) is 0 Å². The molecule has 6 aliphatic carbocycles. The first-order valence-corrected chi connectivity index (χ1v) is 20.7. The molecule has 286 valence electrons. The van der Waals surface area contributed by atoms with Gasteiger partial charge in [-0.25, -0.2) is 4.79 Å². The molecule has 0 aromatic heterocycles. The van der Waals surface area contributed by atoms with Gasteiger partial charge in [0.1, 0.15) is 11.9 Å². The molecule has 6 nitrogen and oxygen atoms in total. The van der Waals surface area contributed by atoms with Crippen LogP contribution in [-0.2, 0) is 19.1 Å². The topological polar surface area (TPSA) is 90.6 Å². The lowest BCUT2D eigenvalue weighted by molar-refractivity contribution is -0.190. The van der Waals surface area contributed by atoms with Crippen LogP contribution in [-0.4, -0.2) is 36.2 Å². The van der Waals surface area contributed by atoms with Crippen molar-refractivity contribution < 1.29 is 19.1 Å². The van der Waals surface area contributed by atoms with Gasteiger partial charge in [0.25, 0.3) is 0 Å². The lowest BCUT2D eigenvalue weighted by Gasteiger charge is -2.62. The summed E-state index contributed by atoms with van der Waals surface area (Å²) >= 11 is 0. The molecule has 4 saturated carbocycles. The van der Waals surface area contributed by atoms with Gasteiger partial charge in [0, 0.05) is 5.92 Å². The Morgan fingerprint density at radius 2 is 1.62 bits per heavy atom. The molecule has 6 aliphatic rings. The average Bonchev–Trinajstić information content (AvgIpc) is 3.19. The first-order valence-electron chi connectivity index (χ1n) is 20.7. The molecule has 0 bridgehead atoms. The van der Waals surface area contributed by atoms with E-state index in [4.69, 9.17) is 15.2 Å². The number of carbonyl (C=O) groups excluding carboxylic acids is 2. The zero-order chi connectivity index (χ0) is 37.5. The predicted molar refractivity (Wildman–Crippen MR) is 211 cm³/mol. The average molecular weight is 713 g/mol. The number of likely N-dealkylation sites (N-methyl/N-ethyl adjacent to an activating group) is 1. The van der Waals surface area contributed by atoms with E-state index in [0.717, 1.165) is 37.0 Å². The Balaban J connectivity index is 1.25. The molecule has 0 amide bonds. The lowest BCUT2D eigenvalue weighted by atomic mass is 9.43. The number of carbonyl (C=O) groups is 2. The third-order valence-electron chi connectivity index (χ3n) is 15.0. The molecular weight excluding hydrogens is 645 g/mol. The van der Waals surface area contributed by atoms with Crippen LogP contribution >= 0.6 is 0 Å². The normalized spacial score (nSPS) is 41.5. The molecule has 6 heteroatoms. The molecule has 0 aliphatic heterocycles. The van der Waals surface area contributed by atoms with Gasteiger partial charge in [-0.2, -0.15) is 0 Å². The number of fused-ring (bicyclic) bond motifs is 5. The van der Waals surface area contributed by atoms with Crippen LogP contribution in [0.2, 0.25) is 0 Å². The van der Waals surface area contributed by atoms with Gasteiger partial charge in [0.05, 0.1) is 22.6 Å². The van der Waals surface area contributed by atoms with E-state index in [1.54, 1.807) is 0 Å². The quantitative estimate of drug-likeness (QED) is 0.219. The number of nitrogens with two attached hydrogens (primary N) is 1. The molecule has 0 spiro atoms. The fraction of sp³-hybridized carbons (Fsp3) is 0.696. The summed E-state index contributed by atoms with van der Waals surface area (Å²) in [6.07, 6.45) is 31.2. The van der Waals surface area contributed by atoms with Crippen molar-refractivity contribution in [3.63, 3.8) is 0 Å². The van der Waals surface area contributed by atoms with E-state index < -0.39 is 11.1 Å². The second kappa shape index (κ2) is 15.2. The van der Waals surface area contributed by atoms with Crippen LogP contribution in [0.15, 0.2) is 72.1 Å². The highest BCUT2D eigenvalue weighted by atomic mass is 16.5. The van der Waals surface area contributed by atoms with Crippen molar-refractivity contribution in [2.45, 2.75) is 136 Å². The van der Waals surface area contributed by atoms with Gasteiger partial charge in [-0.05, 0) is 143 Å². The molecular formula is C46H68N2O4. The summed E-state index contributed by atoms with van der Waals surface area (Å²) in [6, 6.07) is 0. The Morgan fingerprint density at radius 3 is 2.37 bits per heavy atom. The number of nitrogens with one attached hydrogen (secondary N) is 1. The van der Waals surface area contributed by atoms with Crippen LogP contribution in [0.5, 0.6) is 0 Å². The maximum Gasteiger partial charge on any atom is 0.338 e. The molecule has 4 fully saturated rings. The minimum absolute atomic E-state index is 0.00748. The van der Waals surface area contributed by atoms with Crippen molar-refractivity contribution in [2.75, 3.05) is 7.05 Å². The summed E-state index contributed by atoms with van der Waals surface area (Å²) in [7, 11) is 1.91. The van der Waals surface area contributed by atoms with E-state index in [1.165, 1.54) is 44.9 Å². The Kier molecular flexibility index (Phi) is 11.4. The first-order chi connectivity index (χ1) is 24.6. The van der Waals surface area contributed by atoms with Gasteiger partial charge in [-0.1, -0.05) is 90.3 Å². The smallest absolute Gasteiger partial charge is 0.338 e. The third kappa shape index (κ3) is 7.90. The van der Waals surface area contributed by atoms with Gasteiger partial charge in [-0.15, -0.1) is 0 Å². The molecule has 0 radical (unpaired) electrons. The number of rotatable bonds is 10. The van der Waals surface area contributed by atoms with Crippen molar-refractivity contribution in [3.05, 3.63) is 72.1 Å². The lowest BCUT2D eigenvalue weighted by Crippen LogP contribution is -2.59. The zero-order valence-corrected chi connectivity index (χ0v) is 33.5. The number of esters is 2. The van der Waals surface area contributed by atoms with E-state index in [0.29, 0.717) is 40.9 Å². The van der Waals surface area contributed by atoms with Gasteiger partial charge in [0.15, 0.2) is 0 Å². The zero-order valence-electron chi connectivity index (χ0n) is 33.5. The Morgan fingerprint density at radius 1 is 0.865 bits per heavy atom. The van der Waals surface area contributed by atoms with E-state index in [-0.39, 0.29) is 35.3 Å².